The van der Waals surface area contributed by atoms with E-state index in [4.69, 9.17) is 4.74 Å². The maximum absolute atomic E-state index is 5.75. The number of fused-ring (bicyclic) bond motifs is 1. The van der Waals surface area contributed by atoms with Crippen LogP contribution in [-0.2, 0) is 0 Å². The monoisotopic (exact) mass is 353 g/mol. The van der Waals surface area contributed by atoms with E-state index in [9.17, 15) is 0 Å². The number of rotatable bonds is 5. The van der Waals surface area contributed by atoms with E-state index >= 15 is 0 Å². The Hall–Kier alpha value is -1.75. The van der Waals surface area contributed by atoms with Crippen molar-refractivity contribution in [2.45, 2.75) is 0 Å². The summed E-state index contributed by atoms with van der Waals surface area (Å²) in [6.07, 6.45) is 1.85. The summed E-state index contributed by atoms with van der Waals surface area (Å²) in [5, 5.41) is 0. The first-order valence-corrected chi connectivity index (χ1v) is 7.04. The van der Waals surface area contributed by atoms with E-state index in [1.807, 2.05) is 50.8 Å². The van der Waals surface area contributed by atoms with E-state index < -0.39 is 0 Å². The summed E-state index contributed by atoms with van der Waals surface area (Å²) in [6.45, 7) is 1.58. The quantitative estimate of drug-likeness (QED) is 0.698. The Morgan fingerprint density at radius 2 is 1.78 bits per heavy atom. The molecular weight excluding hydrogens is 333 g/mol. The molecule has 1 heterocycles. The lowest BCUT2D eigenvalue weighted by molar-refractivity contribution is 0.261. The molecule has 3 aromatic rings. The van der Waals surface area contributed by atoms with Gasteiger partial charge in [0.15, 0.2) is 0 Å². The third-order valence-electron chi connectivity index (χ3n) is 3.36. The molecule has 0 bridgehead atoms. The van der Waals surface area contributed by atoms with Crippen LogP contribution < -0.4 is 4.74 Å². The fourth-order valence-electron chi connectivity index (χ4n) is 2.22. The van der Waals surface area contributed by atoms with Gasteiger partial charge < -0.3 is 9.64 Å². The van der Waals surface area contributed by atoms with Crippen molar-refractivity contribution in [1.29, 1.82) is 0 Å². The van der Waals surface area contributed by atoms with Gasteiger partial charge in [0, 0.05) is 18.3 Å². The maximum Gasteiger partial charge on any atom is 0.121 e. The number of imidazole rings is 1. The van der Waals surface area contributed by atoms with Gasteiger partial charge in [-0.2, -0.15) is 0 Å². The average molecular weight is 354 g/mol. The first kappa shape index (κ1) is 19.3. The molecule has 0 aliphatic carbocycles. The Labute approximate surface area is 148 Å². The van der Waals surface area contributed by atoms with Crippen molar-refractivity contribution in [3.63, 3.8) is 0 Å². The minimum atomic E-state index is 0. The van der Waals surface area contributed by atoms with Crippen molar-refractivity contribution in [2.75, 3.05) is 27.2 Å². The minimum absolute atomic E-state index is 0. The second-order valence-electron chi connectivity index (χ2n) is 5.25. The number of benzene rings is 2. The zero-order valence-electron chi connectivity index (χ0n) is 13.2. The van der Waals surface area contributed by atoms with Crippen molar-refractivity contribution in [3.05, 3.63) is 54.9 Å². The highest BCUT2D eigenvalue weighted by molar-refractivity contribution is 5.85. The van der Waals surface area contributed by atoms with Crippen molar-refractivity contribution in [1.82, 2.24) is 14.5 Å². The van der Waals surface area contributed by atoms with Gasteiger partial charge in [0.25, 0.3) is 0 Å². The normalized spacial score (nSPS) is 10.2. The molecule has 0 N–H and O–H groups in total. The largest absolute Gasteiger partial charge is 0.492 e. The first-order valence-electron chi connectivity index (χ1n) is 7.04. The lowest BCUT2D eigenvalue weighted by atomic mass is 10.2. The predicted octanol–water partition coefficient (Wildman–Crippen LogP) is 3.81. The molecule has 0 amide bonds. The standard InChI is InChI=1S/C17H19N3O.2ClH/c1-19(2)10-11-21-15-8-9-17-16(12-15)18-13-20(17)14-6-4-3-5-7-14;;/h3-9,12-13H,10-11H2,1-2H3;2*1H. The van der Waals surface area contributed by atoms with Crippen LogP contribution in [0.25, 0.3) is 16.7 Å². The van der Waals surface area contributed by atoms with Gasteiger partial charge in [-0.1, -0.05) is 18.2 Å². The number of ether oxygens (including phenoxy) is 1. The number of halogens is 2. The van der Waals surface area contributed by atoms with Crippen LogP contribution >= 0.6 is 24.8 Å². The zero-order chi connectivity index (χ0) is 14.7. The molecular formula is C17H21Cl2N3O. The number of para-hydroxylation sites is 1. The van der Waals surface area contributed by atoms with Crippen molar-refractivity contribution in [2.24, 2.45) is 0 Å². The zero-order valence-corrected chi connectivity index (χ0v) is 14.8. The number of aromatic nitrogens is 2. The topological polar surface area (TPSA) is 30.3 Å². The van der Waals surface area contributed by atoms with E-state index in [0.29, 0.717) is 6.61 Å². The summed E-state index contributed by atoms with van der Waals surface area (Å²) in [5.41, 5.74) is 3.14. The van der Waals surface area contributed by atoms with Crippen molar-refractivity contribution >= 4 is 35.8 Å². The van der Waals surface area contributed by atoms with Gasteiger partial charge in [0.05, 0.1) is 11.0 Å². The first-order chi connectivity index (χ1) is 10.2. The number of nitrogens with zero attached hydrogens (tertiary/aromatic N) is 3. The molecule has 2 aromatic carbocycles. The van der Waals surface area contributed by atoms with Crippen LogP contribution in [0.4, 0.5) is 0 Å². The SMILES string of the molecule is CN(C)CCOc1ccc2c(c1)ncn2-c1ccccc1.Cl.Cl. The Morgan fingerprint density at radius 3 is 2.48 bits per heavy atom. The van der Waals surface area contributed by atoms with Crippen LogP contribution in [-0.4, -0.2) is 41.7 Å². The van der Waals surface area contributed by atoms with Crippen LogP contribution in [0.3, 0.4) is 0 Å². The number of likely N-dealkylation sites (N-methyl/N-ethyl adjacent to an activating group) is 1. The Kier molecular flexibility index (Phi) is 7.36. The van der Waals surface area contributed by atoms with Gasteiger partial charge in [0.1, 0.15) is 18.7 Å². The molecule has 1 aromatic heterocycles. The molecule has 0 saturated carbocycles. The van der Waals surface area contributed by atoms with Crippen LogP contribution in [0.5, 0.6) is 5.75 Å². The maximum atomic E-state index is 5.75. The van der Waals surface area contributed by atoms with Crippen LogP contribution in [0.15, 0.2) is 54.9 Å². The predicted molar refractivity (Wildman–Crippen MR) is 99.6 cm³/mol. The third-order valence-corrected chi connectivity index (χ3v) is 3.36. The molecule has 0 radical (unpaired) electrons. The summed E-state index contributed by atoms with van der Waals surface area (Å²) < 4.78 is 7.83. The molecule has 0 aliphatic rings. The minimum Gasteiger partial charge on any atom is -0.492 e. The molecule has 4 nitrogen and oxygen atoms in total. The second-order valence-corrected chi connectivity index (χ2v) is 5.25. The van der Waals surface area contributed by atoms with Gasteiger partial charge in [-0.25, -0.2) is 4.98 Å². The van der Waals surface area contributed by atoms with Crippen LogP contribution in [0.2, 0.25) is 0 Å². The second kappa shape index (κ2) is 8.77. The lowest BCUT2D eigenvalue weighted by Crippen LogP contribution is -2.19. The van der Waals surface area contributed by atoms with E-state index in [1.165, 1.54) is 0 Å². The Balaban J connectivity index is 0.00000132. The molecule has 3 rings (SSSR count). The van der Waals surface area contributed by atoms with Crippen LogP contribution in [0, 0.1) is 0 Å². The molecule has 0 fully saturated rings. The highest BCUT2D eigenvalue weighted by atomic mass is 35.5. The van der Waals surface area contributed by atoms with E-state index in [-0.39, 0.29) is 24.8 Å². The van der Waals surface area contributed by atoms with Crippen LogP contribution in [0.1, 0.15) is 0 Å². The van der Waals surface area contributed by atoms with Gasteiger partial charge in [-0.3, -0.25) is 4.57 Å². The van der Waals surface area contributed by atoms with Gasteiger partial charge in [0.2, 0.25) is 0 Å². The molecule has 6 heteroatoms. The summed E-state index contributed by atoms with van der Waals surface area (Å²) in [7, 11) is 4.07. The summed E-state index contributed by atoms with van der Waals surface area (Å²) in [6, 6.07) is 16.3. The average Bonchev–Trinajstić information content (AvgIpc) is 2.91. The summed E-state index contributed by atoms with van der Waals surface area (Å²) in [5.74, 6) is 0.864. The van der Waals surface area contributed by atoms with Gasteiger partial charge in [-0.05, 0) is 38.4 Å². The molecule has 124 valence electrons. The Bertz CT molecular complexity index is 729. The molecule has 0 unspecified atom stereocenters. The molecule has 0 saturated heterocycles. The van der Waals surface area contributed by atoms with Crippen molar-refractivity contribution < 1.29 is 4.74 Å². The smallest absolute Gasteiger partial charge is 0.121 e. The van der Waals surface area contributed by atoms with Gasteiger partial charge in [-0.15, -0.1) is 24.8 Å². The van der Waals surface area contributed by atoms with Crippen molar-refractivity contribution in [3.8, 4) is 11.4 Å². The fourth-order valence-corrected chi connectivity index (χ4v) is 2.22. The molecule has 23 heavy (non-hydrogen) atoms. The number of hydrogen-bond acceptors (Lipinski definition) is 3. The third kappa shape index (κ3) is 4.61. The highest BCUT2D eigenvalue weighted by Crippen LogP contribution is 2.22. The molecule has 0 spiro atoms. The van der Waals surface area contributed by atoms with E-state index in [0.717, 1.165) is 29.0 Å². The lowest BCUT2D eigenvalue weighted by Gasteiger charge is -2.11. The van der Waals surface area contributed by atoms with Gasteiger partial charge >= 0.3 is 0 Å². The number of hydrogen-bond donors (Lipinski definition) is 0. The summed E-state index contributed by atoms with van der Waals surface area (Å²) >= 11 is 0. The van der Waals surface area contributed by atoms with E-state index in [1.54, 1.807) is 0 Å². The summed E-state index contributed by atoms with van der Waals surface area (Å²) in [4.78, 5) is 6.57. The Morgan fingerprint density at radius 1 is 1.04 bits per heavy atom. The fraction of sp³-hybridized carbons (Fsp3) is 0.235. The molecule has 0 aliphatic heterocycles. The molecule has 0 atom stereocenters. The highest BCUT2D eigenvalue weighted by Gasteiger charge is 2.05. The van der Waals surface area contributed by atoms with E-state index in [2.05, 4.69) is 32.7 Å².